The van der Waals surface area contributed by atoms with Crippen LogP contribution in [0, 0.1) is 0 Å². The Bertz CT molecular complexity index is 526. The lowest BCUT2D eigenvalue weighted by molar-refractivity contribution is -0.120. The van der Waals surface area contributed by atoms with E-state index in [9.17, 15) is 14.4 Å². The van der Waals surface area contributed by atoms with Gasteiger partial charge < -0.3 is 19.5 Å². The maximum Gasteiger partial charge on any atom is 0.337 e. The Morgan fingerprint density at radius 1 is 1.05 bits per heavy atom. The molecule has 0 aliphatic carbocycles. The molecule has 0 saturated carbocycles. The summed E-state index contributed by atoms with van der Waals surface area (Å²) in [5.74, 6) is -1.44. The number of esters is 2. The molecule has 1 rings (SSSR count). The van der Waals surface area contributed by atoms with E-state index in [1.165, 1.54) is 32.4 Å². The Morgan fingerprint density at radius 3 is 2.05 bits per heavy atom. The second kappa shape index (κ2) is 9.01. The van der Waals surface area contributed by atoms with Crippen molar-refractivity contribution in [3.05, 3.63) is 29.3 Å². The second-order valence-corrected chi connectivity index (χ2v) is 4.45. The van der Waals surface area contributed by atoms with Crippen molar-refractivity contribution in [3.8, 4) is 0 Å². The number of hydrogen-bond acceptors (Lipinski definition) is 6. The van der Waals surface area contributed by atoms with Crippen LogP contribution in [0.1, 0.15) is 20.7 Å². The van der Waals surface area contributed by atoms with Gasteiger partial charge in [-0.05, 0) is 18.2 Å². The van der Waals surface area contributed by atoms with Gasteiger partial charge in [0.05, 0.1) is 32.0 Å². The van der Waals surface area contributed by atoms with Gasteiger partial charge in [-0.25, -0.2) is 9.59 Å². The lowest BCUT2D eigenvalue weighted by Crippen LogP contribution is -2.19. The molecule has 0 unspecified atom stereocenters. The minimum Gasteiger partial charge on any atom is -0.465 e. The quantitative estimate of drug-likeness (QED) is 0.462. The summed E-state index contributed by atoms with van der Waals surface area (Å²) in [5, 5.41) is 2.52. The van der Waals surface area contributed by atoms with E-state index >= 15 is 0 Å². The zero-order chi connectivity index (χ0) is 16.5. The van der Waals surface area contributed by atoms with Gasteiger partial charge in [0.1, 0.15) is 6.61 Å². The molecular formula is C14H16ClNO6. The van der Waals surface area contributed by atoms with Crippen molar-refractivity contribution < 1.29 is 28.6 Å². The Balaban J connectivity index is 2.95. The molecule has 7 nitrogen and oxygen atoms in total. The lowest BCUT2D eigenvalue weighted by Gasteiger charge is -2.09. The van der Waals surface area contributed by atoms with Crippen molar-refractivity contribution in [2.24, 2.45) is 0 Å². The molecule has 1 amide bonds. The number of carbonyl (C=O) groups is 3. The highest BCUT2D eigenvalue weighted by Crippen LogP contribution is 2.17. The zero-order valence-electron chi connectivity index (χ0n) is 12.2. The van der Waals surface area contributed by atoms with E-state index in [2.05, 4.69) is 14.8 Å². The fraction of sp³-hybridized carbons (Fsp3) is 0.357. The van der Waals surface area contributed by atoms with E-state index in [1.54, 1.807) is 0 Å². The highest BCUT2D eigenvalue weighted by molar-refractivity contribution is 6.18. The summed E-state index contributed by atoms with van der Waals surface area (Å²) in [6, 6.07) is 4.09. The first-order chi connectivity index (χ1) is 10.5. The predicted octanol–water partition coefficient (Wildman–Crippen LogP) is 1.45. The van der Waals surface area contributed by atoms with Crippen LogP contribution in [-0.4, -0.2) is 51.2 Å². The van der Waals surface area contributed by atoms with Crippen LogP contribution in [0.2, 0.25) is 0 Å². The maximum atomic E-state index is 11.7. The zero-order valence-corrected chi connectivity index (χ0v) is 12.9. The van der Waals surface area contributed by atoms with Crippen LogP contribution in [0.25, 0.3) is 0 Å². The third kappa shape index (κ3) is 5.34. The average molecular weight is 330 g/mol. The highest BCUT2D eigenvalue weighted by atomic mass is 35.5. The first-order valence-corrected chi connectivity index (χ1v) is 6.80. The fourth-order valence-electron chi connectivity index (χ4n) is 1.59. The first kappa shape index (κ1) is 17.9. The van der Waals surface area contributed by atoms with Gasteiger partial charge >= 0.3 is 11.9 Å². The molecule has 0 atom stereocenters. The number of ether oxygens (including phenoxy) is 3. The second-order valence-electron chi connectivity index (χ2n) is 4.07. The van der Waals surface area contributed by atoms with Gasteiger partial charge in [-0.2, -0.15) is 0 Å². The minimum atomic E-state index is -0.639. The Hall–Kier alpha value is -2.12. The summed E-state index contributed by atoms with van der Waals surface area (Å²) in [6.45, 7) is 0.0489. The van der Waals surface area contributed by atoms with Gasteiger partial charge in [0, 0.05) is 11.6 Å². The Kier molecular flexibility index (Phi) is 7.34. The van der Waals surface area contributed by atoms with Crippen molar-refractivity contribution >= 4 is 35.1 Å². The third-order valence-electron chi connectivity index (χ3n) is 2.51. The number of benzene rings is 1. The van der Waals surface area contributed by atoms with Gasteiger partial charge in [0.25, 0.3) is 0 Å². The SMILES string of the molecule is COC(=O)c1cc(NC(=O)COCCCl)cc(C(=O)OC)c1. The number of alkyl halides is 1. The number of hydrogen-bond donors (Lipinski definition) is 1. The number of rotatable bonds is 7. The van der Waals surface area contributed by atoms with Crippen LogP contribution in [0.3, 0.4) is 0 Å². The van der Waals surface area contributed by atoms with Crippen LogP contribution >= 0.6 is 11.6 Å². The van der Waals surface area contributed by atoms with Gasteiger partial charge in [0.15, 0.2) is 0 Å². The number of methoxy groups -OCH3 is 2. The summed E-state index contributed by atoms with van der Waals surface area (Å²) in [4.78, 5) is 34.9. The van der Waals surface area contributed by atoms with Crippen LogP contribution < -0.4 is 5.32 Å². The number of amides is 1. The van der Waals surface area contributed by atoms with Gasteiger partial charge in [0.2, 0.25) is 5.91 Å². The smallest absolute Gasteiger partial charge is 0.337 e. The molecule has 0 bridgehead atoms. The summed E-state index contributed by atoms with van der Waals surface area (Å²) in [7, 11) is 2.43. The molecule has 8 heteroatoms. The Labute approximate surface area is 132 Å². The first-order valence-electron chi connectivity index (χ1n) is 6.27. The average Bonchev–Trinajstić information content (AvgIpc) is 2.53. The molecule has 0 saturated heterocycles. The van der Waals surface area contributed by atoms with E-state index in [4.69, 9.17) is 16.3 Å². The number of anilines is 1. The molecule has 0 radical (unpaired) electrons. The highest BCUT2D eigenvalue weighted by Gasteiger charge is 2.15. The standard InChI is InChI=1S/C14H16ClNO6/c1-20-13(18)9-5-10(14(19)21-2)7-11(6-9)16-12(17)8-22-4-3-15/h5-7H,3-4,8H2,1-2H3,(H,16,17). The summed E-state index contributed by atoms with van der Waals surface area (Å²) >= 11 is 5.43. The normalized spacial score (nSPS) is 9.95. The third-order valence-corrected chi connectivity index (χ3v) is 2.67. The van der Waals surface area contributed by atoms with Crippen LogP contribution in [0.4, 0.5) is 5.69 Å². The molecule has 0 aliphatic heterocycles. The number of halogens is 1. The van der Waals surface area contributed by atoms with Gasteiger partial charge in [-0.3, -0.25) is 4.79 Å². The van der Waals surface area contributed by atoms with Crippen molar-refractivity contribution in [2.75, 3.05) is 38.6 Å². The summed E-state index contributed by atoms with van der Waals surface area (Å²) in [5.41, 5.74) is 0.479. The molecule has 1 aromatic carbocycles. The van der Waals surface area contributed by atoms with Crippen molar-refractivity contribution in [2.45, 2.75) is 0 Å². The lowest BCUT2D eigenvalue weighted by atomic mass is 10.1. The van der Waals surface area contributed by atoms with E-state index in [0.29, 0.717) is 0 Å². The molecule has 1 N–H and O–H groups in total. The molecule has 1 aromatic rings. The van der Waals surface area contributed by atoms with Crippen molar-refractivity contribution in [3.63, 3.8) is 0 Å². The van der Waals surface area contributed by atoms with Crippen molar-refractivity contribution in [1.29, 1.82) is 0 Å². The van der Waals surface area contributed by atoms with E-state index in [0.717, 1.165) is 0 Å². The van der Waals surface area contributed by atoms with Crippen molar-refractivity contribution in [1.82, 2.24) is 0 Å². The number of nitrogens with one attached hydrogen (secondary N) is 1. The van der Waals surface area contributed by atoms with Crippen LogP contribution in [0.15, 0.2) is 18.2 Å². The topological polar surface area (TPSA) is 90.9 Å². The van der Waals surface area contributed by atoms with Gasteiger partial charge in [-0.1, -0.05) is 0 Å². The molecule has 0 fully saturated rings. The number of carbonyl (C=O) groups excluding carboxylic acids is 3. The molecule has 120 valence electrons. The predicted molar refractivity (Wildman–Crippen MR) is 79.3 cm³/mol. The van der Waals surface area contributed by atoms with Crippen LogP contribution in [-0.2, 0) is 19.0 Å². The summed E-state index contributed by atoms with van der Waals surface area (Å²) < 4.78 is 14.2. The molecule has 0 aromatic heterocycles. The molecular weight excluding hydrogens is 314 g/mol. The van der Waals surface area contributed by atoms with E-state index in [1.807, 2.05) is 0 Å². The van der Waals surface area contributed by atoms with E-state index in [-0.39, 0.29) is 35.9 Å². The molecule has 0 aliphatic rings. The van der Waals surface area contributed by atoms with Gasteiger partial charge in [-0.15, -0.1) is 11.6 Å². The summed E-state index contributed by atoms with van der Waals surface area (Å²) in [6.07, 6.45) is 0. The Morgan fingerprint density at radius 2 is 1.59 bits per heavy atom. The monoisotopic (exact) mass is 329 g/mol. The molecule has 0 heterocycles. The van der Waals surface area contributed by atoms with E-state index < -0.39 is 17.8 Å². The largest absolute Gasteiger partial charge is 0.465 e. The van der Waals surface area contributed by atoms with Crippen LogP contribution in [0.5, 0.6) is 0 Å². The maximum absolute atomic E-state index is 11.7. The molecule has 22 heavy (non-hydrogen) atoms. The fourth-order valence-corrected chi connectivity index (χ4v) is 1.70. The minimum absolute atomic E-state index is 0.113. The molecule has 0 spiro atoms.